The van der Waals surface area contributed by atoms with Gasteiger partial charge in [0.2, 0.25) is 10.0 Å². The molecule has 116 valence electrons. The van der Waals surface area contributed by atoms with E-state index in [4.69, 9.17) is 9.88 Å². The van der Waals surface area contributed by atoms with Crippen LogP contribution in [0.5, 0.6) is 0 Å². The van der Waals surface area contributed by atoms with E-state index in [-0.39, 0.29) is 5.75 Å². The summed E-state index contributed by atoms with van der Waals surface area (Å²) in [5.74, 6) is 0.841. The Morgan fingerprint density at radius 3 is 1.95 bits per heavy atom. The number of hydrogen-bond acceptors (Lipinski definition) is 3. The predicted octanol–water partition coefficient (Wildman–Crippen LogP) is 3.07. The van der Waals surface area contributed by atoms with Gasteiger partial charge in [0.25, 0.3) is 0 Å². The van der Waals surface area contributed by atoms with E-state index in [1.54, 1.807) is 0 Å². The molecule has 0 spiro atoms. The topological polar surface area (TPSA) is 69.4 Å². The molecule has 0 saturated carbocycles. The summed E-state index contributed by atoms with van der Waals surface area (Å²) < 4.78 is 26.9. The van der Waals surface area contributed by atoms with Gasteiger partial charge in [-0.1, -0.05) is 46.0 Å². The summed E-state index contributed by atoms with van der Waals surface area (Å²) in [6, 6.07) is 0. The van der Waals surface area contributed by atoms with E-state index in [1.165, 1.54) is 19.3 Å². The smallest absolute Gasteiger partial charge is 0.209 e. The maximum Gasteiger partial charge on any atom is 0.209 e. The van der Waals surface area contributed by atoms with Gasteiger partial charge in [0.1, 0.15) is 0 Å². The highest BCUT2D eigenvalue weighted by Gasteiger charge is 2.01. The van der Waals surface area contributed by atoms with Crippen LogP contribution in [0.2, 0.25) is 0 Å². The third kappa shape index (κ3) is 17.9. The molecule has 0 radical (unpaired) electrons. The number of hydrogen-bond donors (Lipinski definition) is 1. The van der Waals surface area contributed by atoms with E-state index >= 15 is 0 Å². The van der Waals surface area contributed by atoms with Crippen molar-refractivity contribution >= 4 is 10.0 Å². The van der Waals surface area contributed by atoms with Crippen molar-refractivity contribution in [3.63, 3.8) is 0 Å². The van der Waals surface area contributed by atoms with E-state index in [1.807, 2.05) is 0 Å². The summed E-state index contributed by atoms with van der Waals surface area (Å²) >= 11 is 0. The molecule has 0 bridgehead atoms. The molecular formula is C14H31NO3S. The summed E-state index contributed by atoms with van der Waals surface area (Å²) in [4.78, 5) is 0. The zero-order chi connectivity index (χ0) is 14.6. The minimum atomic E-state index is -3.26. The van der Waals surface area contributed by atoms with Gasteiger partial charge >= 0.3 is 0 Å². The van der Waals surface area contributed by atoms with Gasteiger partial charge in [-0.05, 0) is 25.2 Å². The maximum absolute atomic E-state index is 10.7. The minimum absolute atomic E-state index is 0.122. The average molecular weight is 293 g/mol. The van der Waals surface area contributed by atoms with E-state index < -0.39 is 10.0 Å². The number of ether oxygens (including phenoxy) is 1. The van der Waals surface area contributed by atoms with Crippen LogP contribution in [-0.2, 0) is 14.8 Å². The lowest BCUT2D eigenvalue weighted by Gasteiger charge is -2.06. The quantitative estimate of drug-likeness (QED) is 0.531. The van der Waals surface area contributed by atoms with Crippen molar-refractivity contribution in [3.05, 3.63) is 0 Å². The molecule has 0 atom stereocenters. The summed E-state index contributed by atoms with van der Waals surface area (Å²) in [7, 11) is -3.26. The molecule has 0 rings (SSSR count). The van der Waals surface area contributed by atoms with Crippen LogP contribution >= 0.6 is 0 Å². The van der Waals surface area contributed by atoms with Gasteiger partial charge in [-0.2, -0.15) is 0 Å². The number of unbranched alkanes of at least 4 members (excludes halogenated alkanes) is 6. The van der Waals surface area contributed by atoms with Crippen molar-refractivity contribution in [2.24, 2.45) is 11.1 Å². The Balaban J connectivity index is 3.07. The molecule has 0 amide bonds. The van der Waals surface area contributed by atoms with Gasteiger partial charge in [-0.15, -0.1) is 0 Å². The predicted molar refractivity (Wildman–Crippen MR) is 80.6 cm³/mol. The molecule has 19 heavy (non-hydrogen) atoms. The summed E-state index contributed by atoms with van der Waals surface area (Å²) in [5.41, 5.74) is 0. The maximum atomic E-state index is 10.7. The molecule has 0 heterocycles. The van der Waals surface area contributed by atoms with Crippen LogP contribution in [0.4, 0.5) is 0 Å². The standard InChI is InChI=1S/C14H31NO3S/c1-14(2)10-12-18-11-8-6-4-3-5-7-9-13-19(15,16)17/h14H,3-13H2,1-2H3,(H2,15,16,17). The van der Waals surface area contributed by atoms with Gasteiger partial charge in [0, 0.05) is 13.2 Å². The Kier molecular flexibility index (Phi) is 11.6. The second-order valence-electron chi connectivity index (χ2n) is 5.64. The van der Waals surface area contributed by atoms with Crippen molar-refractivity contribution < 1.29 is 13.2 Å². The molecule has 0 fully saturated rings. The highest BCUT2D eigenvalue weighted by atomic mass is 32.2. The van der Waals surface area contributed by atoms with Gasteiger partial charge in [-0.25, -0.2) is 13.6 Å². The lowest BCUT2D eigenvalue weighted by molar-refractivity contribution is 0.119. The van der Waals surface area contributed by atoms with Crippen LogP contribution in [0.3, 0.4) is 0 Å². The lowest BCUT2D eigenvalue weighted by atomic mass is 10.1. The second kappa shape index (κ2) is 11.7. The molecule has 0 aromatic rings. The molecule has 0 aliphatic rings. The van der Waals surface area contributed by atoms with Gasteiger partial charge in [0.15, 0.2) is 0 Å². The van der Waals surface area contributed by atoms with E-state index in [2.05, 4.69) is 13.8 Å². The molecule has 0 saturated heterocycles. The van der Waals surface area contributed by atoms with Gasteiger partial charge < -0.3 is 4.74 Å². The molecule has 5 heteroatoms. The van der Waals surface area contributed by atoms with Crippen LogP contribution < -0.4 is 5.14 Å². The van der Waals surface area contributed by atoms with Crippen molar-refractivity contribution in [1.82, 2.24) is 0 Å². The van der Waals surface area contributed by atoms with Crippen molar-refractivity contribution in [2.75, 3.05) is 19.0 Å². The average Bonchev–Trinajstić information content (AvgIpc) is 2.28. The summed E-state index contributed by atoms with van der Waals surface area (Å²) in [5, 5.41) is 4.93. The second-order valence-corrected chi connectivity index (χ2v) is 7.37. The fourth-order valence-electron chi connectivity index (χ4n) is 1.81. The van der Waals surface area contributed by atoms with Crippen LogP contribution in [0.1, 0.15) is 65.2 Å². The molecule has 0 unspecified atom stereocenters. The molecule has 0 aliphatic carbocycles. The highest BCUT2D eigenvalue weighted by Crippen LogP contribution is 2.08. The van der Waals surface area contributed by atoms with Crippen LogP contribution in [0.15, 0.2) is 0 Å². The van der Waals surface area contributed by atoms with Gasteiger partial charge in [0.05, 0.1) is 5.75 Å². The summed E-state index contributed by atoms with van der Waals surface area (Å²) in [6.45, 7) is 6.17. The third-order valence-electron chi connectivity index (χ3n) is 3.06. The van der Waals surface area contributed by atoms with Crippen LogP contribution in [-0.4, -0.2) is 27.4 Å². The first kappa shape index (κ1) is 18.9. The van der Waals surface area contributed by atoms with Crippen molar-refractivity contribution in [3.8, 4) is 0 Å². The molecular weight excluding hydrogens is 262 g/mol. The monoisotopic (exact) mass is 293 g/mol. The zero-order valence-electron chi connectivity index (χ0n) is 12.6. The molecule has 2 N–H and O–H groups in total. The number of nitrogens with two attached hydrogens (primary N) is 1. The largest absolute Gasteiger partial charge is 0.381 e. The number of sulfonamides is 1. The highest BCUT2D eigenvalue weighted by molar-refractivity contribution is 7.89. The summed E-state index contributed by atoms with van der Waals surface area (Å²) in [6.07, 6.45) is 8.62. The molecule has 0 aliphatic heterocycles. The van der Waals surface area contributed by atoms with Crippen LogP contribution in [0.25, 0.3) is 0 Å². The minimum Gasteiger partial charge on any atom is -0.381 e. The molecule has 0 aromatic heterocycles. The van der Waals surface area contributed by atoms with E-state index in [0.29, 0.717) is 6.42 Å². The zero-order valence-corrected chi connectivity index (χ0v) is 13.4. The lowest BCUT2D eigenvalue weighted by Crippen LogP contribution is -2.16. The van der Waals surface area contributed by atoms with E-state index in [0.717, 1.165) is 44.8 Å². The fraction of sp³-hybridized carbons (Fsp3) is 1.00. The Morgan fingerprint density at radius 2 is 1.42 bits per heavy atom. The van der Waals surface area contributed by atoms with Crippen molar-refractivity contribution in [1.29, 1.82) is 0 Å². The number of rotatable bonds is 13. The first-order chi connectivity index (χ1) is 8.92. The first-order valence-corrected chi connectivity index (χ1v) is 9.21. The van der Waals surface area contributed by atoms with Crippen molar-refractivity contribution in [2.45, 2.75) is 65.2 Å². The Morgan fingerprint density at radius 1 is 0.895 bits per heavy atom. The Hall–Kier alpha value is -0.130. The number of primary sulfonamides is 1. The Bertz CT molecular complexity index is 289. The molecule has 0 aromatic carbocycles. The van der Waals surface area contributed by atoms with E-state index in [9.17, 15) is 8.42 Å². The first-order valence-electron chi connectivity index (χ1n) is 7.50. The SMILES string of the molecule is CC(C)CCOCCCCCCCCCS(N)(=O)=O. The van der Waals surface area contributed by atoms with Crippen LogP contribution in [0, 0.1) is 5.92 Å². The molecule has 4 nitrogen and oxygen atoms in total. The Labute approximate surface area is 119 Å². The third-order valence-corrected chi connectivity index (χ3v) is 3.91. The normalized spacial score (nSPS) is 12.2. The van der Waals surface area contributed by atoms with Gasteiger partial charge in [-0.3, -0.25) is 0 Å². The fourth-order valence-corrected chi connectivity index (χ4v) is 2.42.